The summed E-state index contributed by atoms with van der Waals surface area (Å²) in [5.74, 6) is 0. The van der Waals surface area contributed by atoms with E-state index in [-0.39, 0.29) is 10.8 Å². The fraction of sp³-hybridized carbons (Fsp3) is 0.115. The van der Waals surface area contributed by atoms with Gasteiger partial charge in [-0.2, -0.15) is 0 Å². The van der Waals surface area contributed by atoms with E-state index in [2.05, 4.69) is 209 Å². The summed E-state index contributed by atoms with van der Waals surface area (Å²) in [4.78, 5) is 2.39. The maximum atomic E-state index is 2.42. The van der Waals surface area contributed by atoms with Gasteiger partial charge in [0, 0.05) is 27.9 Å². The normalized spacial score (nSPS) is 14.3. The molecule has 2 aliphatic carbocycles. The maximum Gasteiger partial charge on any atom is 0.0465 e. The number of benzene rings is 8. The van der Waals surface area contributed by atoms with Crippen molar-refractivity contribution in [1.29, 1.82) is 0 Å². The van der Waals surface area contributed by atoms with Crippen molar-refractivity contribution in [2.45, 2.75) is 38.5 Å². The van der Waals surface area contributed by atoms with Gasteiger partial charge in [-0.1, -0.05) is 149 Å². The second-order valence-electron chi connectivity index (χ2n) is 15.8. The summed E-state index contributed by atoms with van der Waals surface area (Å²) in [6, 6.07) is 65.3. The van der Waals surface area contributed by atoms with Gasteiger partial charge in [-0.3, -0.25) is 0 Å². The Morgan fingerprint density at radius 2 is 0.755 bits per heavy atom. The van der Waals surface area contributed by atoms with Crippen molar-refractivity contribution >= 4 is 27.8 Å². The van der Waals surface area contributed by atoms with E-state index >= 15 is 0 Å². The molecular formula is C52H41N. The predicted octanol–water partition coefficient (Wildman–Crippen LogP) is 14.3. The molecule has 0 amide bonds. The topological polar surface area (TPSA) is 3.24 Å². The maximum absolute atomic E-state index is 2.42. The third-order valence-corrected chi connectivity index (χ3v) is 12.1. The lowest BCUT2D eigenvalue weighted by atomic mass is 9.81. The zero-order valence-electron chi connectivity index (χ0n) is 30.7. The zero-order valence-corrected chi connectivity index (χ0v) is 30.7. The molecule has 0 atom stereocenters. The van der Waals surface area contributed by atoms with Crippen molar-refractivity contribution in [3.05, 3.63) is 198 Å². The lowest BCUT2D eigenvalue weighted by molar-refractivity contribution is 0.660. The van der Waals surface area contributed by atoms with Crippen LogP contribution in [0.25, 0.3) is 55.3 Å². The summed E-state index contributed by atoms with van der Waals surface area (Å²) in [5.41, 5.74) is 19.2. The van der Waals surface area contributed by atoms with Crippen LogP contribution in [0.4, 0.5) is 17.1 Å². The molecule has 0 unspecified atom stereocenters. The number of anilines is 3. The molecule has 0 bridgehead atoms. The van der Waals surface area contributed by atoms with Crippen LogP contribution in [0, 0.1) is 0 Å². The van der Waals surface area contributed by atoms with Crippen molar-refractivity contribution in [1.82, 2.24) is 0 Å². The van der Waals surface area contributed by atoms with E-state index in [0.717, 1.165) is 17.1 Å². The Morgan fingerprint density at radius 1 is 0.302 bits per heavy atom. The van der Waals surface area contributed by atoms with Gasteiger partial charge >= 0.3 is 0 Å². The molecule has 53 heavy (non-hydrogen) atoms. The van der Waals surface area contributed by atoms with E-state index in [9.17, 15) is 0 Å². The molecule has 0 radical (unpaired) electrons. The molecule has 0 heterocycles. The van der Waals surface area contributed by atoms with Crippen LogP contribution >= 0.6 is 0 Å². The quantitative estimate of drug-likeness (QED) is 0.175. The third-order valence-electron chi connectivity index (χ3n) is 12.1. The molecule has 2 aliphatic rings. The summed E-state index contributed by atoms with van der Waals surface area (Å²) in [7, 11) is 0. The molecule has 0 aromatic heterocycles. The summed E-state index contributed by atoms with van der Waals surface area (Å²) < 4.78 is 0. The Bertz CT molecular complexity index is 2710. The largest absolute Gasteiger partial charge is 0.310 e. The monoisotopic (exact) mass is 679 g/mol. The van der Waals surface area contributed by atoms with Crippen molar-refractivity contribution in [2.24, 2.45) is 0 Å². The van der Waals surface area contributed by atoms with Crippen LogP contribution in [0.2, 0.25) is 0 Å². The van der Waals surface area contributed by atoms with Crippen LogP contribution in [0.5, 0.6) is 0 Å². The molecule has 8 aromatic carbocycles. The zero-order chi connectivity index (χ0) is 35.9. The summed E-state index contributed by atoms with van der Waals surface area (Å²) in [6.07, 6.45) is 0. The highest BCUT2D eigenvalue weighted by atomic mass is 15.1. The van der Waals surface area contributed by atoms with Crippen LogP contribution in [0.3, 0.4) is 0 Å². The van der Waals surface area contributed by atoms with Crippen LogP contribution < -0.4 is 4.90 Å². The first kappa shape index (κ1) is 31.5. The number of nitrogens with zero attached hydrogens (tertiary/aromatic N) is 1. The minimum Gasteiger partial charge on any atom is -0.310 e. The SMILES string of the molecule is CC1(C)c2ccccc2-c2ccc(-c3ccc(N(c4ccccc4)c4ccc5c(c4)C(C)(C)c4cc(-c6ccc7ccccc7c6)ccc4-5)cc3)cc21. The number of hydrogen-bond donors (Lipinski definition) is 0. The molecule has 1 nitrogen and oxygen atoms in total. The second-order valence-corrected chi connectivity index (χ2v) is 15.8. The molecule has 0 aliphatic heterocycles. The first-order valence-electron chi connectivity index (χ1n) is 18.8. The molecule has 0 fully saturated rings. The van der Waals surface area contributed by atoms with Gasteiger partial charge in [0.05, 0.1) is 0 Å². The van der Waals surface area contributed by atoms with E-state index in [0.29, 0.717) is 0 Å². The van der Waals surface area contributed by atoms with E-state index in [4.69, 9.17) is 0 Å². The van der Waals surface area contributed by atoms with Crippen molar-refractivity contribution < 1.29 is 0 Å². The first-order valence-corrected chi connectivity index (χ1v) is 18.8. The standard InChI is InChI=1S/C52H41N/c1-51(2)47-17-11-10-16-43(47)44-27-22-38(31-48(44)51)35-20-24-41(25-21-35)53(40-14-6-5-7-15-40)42-26-29-46-45-28-23-39(32-49(45)52(3,4)50(46)33-42)37-19-18-34-12-8-9-13-36(34)30-37/h5-33H,1-4H3. The smallest absolute Gasteiger partial charge is 0.0465 e. The lowest BCUT2D eigenvalue weighted by Gasteiger charge is -2.28. The van der Waals surface area contributed by atoms with Crippen LogP contribution in [0.15, 0.2) is 176 Å². The van der Waals surface area contributed by atoms with E-state index < -0.39 is 0 Å². The van der Waals surface area contributed by atoms with Crippen LogP contribution in [0.1, 0.15) is 49.9 Å². The Morgan fingerprint density at radius 3 is 1.47 bits per heavy atom. The summed E-state index contributed by atoms with van der Waals surface area (Å²) in [5, 5.41) is 2.54. The molecule has 254 valence electrons. The molecular weight excluding hydrogens is 639 g/mol. The van der Waals surface area contributed by atoms with Gasteiger partial charge in [-0.25, -0.2) is 0 Å². The highest BCUT2D eigenvalue weighted by Gasteiger charge is 2.37. The fourth-order valence-corrected chi connectivity index (χ4v) is 9.12. The van der Waals surface area contributed by atoms with Crippen molar-refractivity contribution in [3.63, 3.8) is 0 Å². The first-order chi connectivity index (χ1) is 25.8. The Kier molecular flexibility index (Phi) is 6.94. The number of para-hydroxylation sites is 1. The van der Waals surface area contributed by atoms with Crippen LogP contribution in [-0.4, -0.2) is 0 Å². The summed E-state index contributed by atoms with van der Waals surface area (Å²) in [6.45, 7) is 9.46. The van der Waals surface area contributed by atoms with Gasteiger partial charge in [0.1, 0.15) is 0 Å². The number of fused-ring (bicyclic) bond motifs is 7. The third kappa shape index (κ3) is 4.91. The van der Waals surface area contributed by atoms with Crippen molar-refractivity contribution in [3.8, 4) is 44.5 Å². The minimum atomic E-state index is -0.152. The van der Waals surface area contributed by atoms with Gasteiger partial charge in [-0.15, -0.1) is 0 Å². The van der Waals surface area contributed by atoms with E-state index in [1.165, 1.54) is 77.5 Å². The molecule has 0 saturated heterocycles. The average Bonchev–Trinajstić information content (AvgIpc) is 3.57. The molecule has 10 rings (SSSR count). The van der Waals surface area contributed by atoms with Gasteiger partial charge in [0.15, 0.2) is 0 Å². The summed E-state index contributed by atoms with van der Waals surface area (Å²) >= 11 is 0. The Hall–Kier alpha value is -6.18. The highest BCUT2D eigenvalue weighted by Crippen LogP contribution is 2.52. The van der Waals surface area contributed by atoms with Gasteiger partial charge in [-0.05, 0) is 132 Å². The minimum absolute atomic E-state index is 0.0228. The van der Waals surface area contributed by atoms with Gasteiger partial charge in [0.2, 0.25) is 0 Å². The second kappa shape index (κ2) is 11.7. The molecule has 0 N–H and O–H groups in total. The average molecular weight is 680 g/mol. The highest BCUT2D eigenvalue weighted by molar-refractivity contribution is 5.91. The van der Waals surface area contributed by atoms with E-state index in [1.807, 2.05) is 0 Å². The fourth-order valence-electron chi connectivity index (χ4n) is 9.12. The lowest BCUT2D eigenvalue weighted by Crippen LogP contribution is -2.16. The van der Waals surface area contributed by atoms with Gasteiger partial charge in [0.25, 0.3) is 0 Å². The Labute approximate surface area is 312 Å². The van der Waals surface area contributed by atoms with Crippen LogP contribution in [-0.2, 0) is 10.8 Å². The Balaban J connectivity index is 1.01. The predicted molar refractivity (Wildman–Crippen MR) is 225 cm³/mol. The molecule has 0 spiro atoms. The molecule has 1 heteroatoms. The number of rotatable bonds is 5. The molecule has 0 saturated carbocycles. The van der Waals surface area contributed by atoms with Crippen molar-refractivity contribution in [2.75, 3.05) is 4.90 Å². The molecule has 8 aromatic rings. The number of hydrogen-bond acceptors (Lipinski definition) is 1. The van der Waals surface area contributed by atoms with E-state index in [1.54, 1.807) is 0 Å². The van der Waals surface area contributed by atoms with Gasteiger partial charge < -0.3 is 4.90 Å².